The predicted molar refractivity (Wildman–Crippen MR) is 86.1 cm³/mol. The van der Waals surface area contributed by atoms with Gasteiger partial charge in [0.15, 0.2) is 0 Å². The van der Waals surface area contributed by atoms with Gasteiger partial charge in [-0.15, -0.1) is 5.73 Å². The first-order valence-electron chi connectivity index (χ1n) is 7.22. The van der Waals surface area contributed by atoms with Crippen molar-refractivity contribution in [2.24, 2.45) is 5.41 Å². The number of allylic oxidation sites excluding steroid dienone is 2. The van der Waals surface area contributed by atoms with Crippen molar-refractivity contribution >= 4 is 6.08 Å². The summed E-state index contributed by atoms with van der Waals surface area (Å²) in [6.45, 7) is 9.03. The smallest absolute Gasteiger partial charge is 0.00971 e. The molecule has 0 amide bonds. The third kappa shape index (κ3) is 6.27. The molecule has 0 heterocycles. The fraction of sp³-hybridized carbons (Fsp3) is 0.421. The summed E-state index contributed by atoms with van der Waals surface area (Å²) < 4.78 is 0. The van der Waals surface area contributed by atoms with Gasteiger partial charge in [0.2, 0.25) is 0 Å². The molecule has 0 saturated heterocycles. The molecule has 0 N–H and O–H groups in total. The third-order valence-corrected chi connectivity index (χ3v) is 3.13. The second kappa shape index (κ2) is 7.81. The Balaban J connectivity index is 2.78. The first-order valence-corrected chi connectivity index (χ1v) is 7.22. The van der Waals surface area contributed by atoms with E-state index in [0.717, 1.165) is 6.42 Å². The van der Waals surface area contributed by atoms with Crippen LogP contribution in [-0.2, 0) is 0 Å². The Labute approximate surface area is 118 Å². The van der Waals surface area contributed by atoms with Crippen molar-refractivity contribution in [1.82, 2.24) is 0 Å². The fourth-order valence-electron chi connectivity index (χ4n) is 1.89. The molecule has 0 atom stereocenters. The molecule has 102 valence electrons. The summed E-state index contributed by atoms with van der Waals surface area (Å²) in [6.07, 6.45) is 9.87. The van der Waals surface area contributed by atoms with Crippen molar-refractivity contribution in [1.29, 1.82) is 0 Å². The summed E-state index contributed by atoms with van der Waals surface area (Å²) in [5.41, 5.74) is 6.32. The predicted octanol–water partition coefficient (Wildman–Crippen LogP) is 6.02. The highest BCUT2D eigenvalue weighted by molar-refractivity contribution is 5.50. The van der Waals surface area contributed by atoms with Gasteiger partial charge in [-0.25, -0.2) is 0 Å². The maximum absolute atomic E-state index is 3.47. The van der Waals surface area contributed by atoms with Gasteiger partial charge >= 0.3 is 0 Å². The van der Waals surface area contributed by atoms with Crippen molar-refractivity contribution in [2.75, 3.05) is 0 Å². The van der Waals surface area contributed by atoms with Gasteiger partial charge in [0, 0.05) is 0 Å². The third-order valence-electron chi connectivity index (χ3n) is 3.13. The van der Waals surface area contributed by atoms with Crippen LogP contribution in [0.5, 0.6) is 0 Å². The normalized spacial score (nSPS) is 11.4. The van der Waals surface area contributed by atoms with Crippen LogP contribution in [0.15, 0.2) is 53.8 Å². The first kappa shape index (κ1) is 15.5. The van der Waals surface area contributed by atoms with Crippen molar-refractivity contribution in [3.8, 4) is 0 Å². The Morgan fingerprint density at radius 1 is 1.16 bits per heavy atom. The van der Waals surface area contributed by atoms with E-state index in [-0.39, 0.29) is 5.41 Å². The SMILES string of the molecule is CCCCC(=C=C/C=C/c1ccccc1)C(C)(C)C. The summed E-state index contributed by atoms with van der Waals surface area (Å²) in [5.74, 6) is 0. The molecule has 0 aromatic heterocycles. The summed E-state index contributed by atoms with van der Waals surface area (Å²) >= 11 is 0. The quantitative estimate of drug-likeness (QED) is 0.445. The van der Waals surface area contributed by atoms with Crippen LogP contribution in [0.1, 0.15) is 52.5 Å². The zero-order chi connectivity index (χ0) is 14.1. The lowest BCUT2D eigenvalue weighted by Crippen LogP contribution is -2.08. The van der Waals surface area contributed by atoms with Crippen molar-refractivity contribution in [2.45, 2.75) is 47.0 Å². The van der Waals surface area contributed by atoms with Crippen LogP contribution < -0.4 is 0 Å². The van der Waals surface area contributed by atoms with E-state index in [1.165, 1.54) is 24.0 Å². The standard InChI is InChI=1S/C19H26/c1-5-6-15-18(19(2,3)4)16-11-10-14-17-12-8-7-9-13-17/h7-14H,5-6,15H2,1-4H3/b14-10+. The summed E-state index contributed by atoms with van der Waals surface area (Å²) in [6, 6.07) is 10.4. The Morgan fingerprint density at radius 2 is 1.84 bits per heavy atom. The number of benzene rings is 1. The summed E-state index contributed by atoms with van der Waals surface area (Å²) in [7, 11) is 0. The molecule has 1 aromatic rings. The van der Waals surface area contributed by atoms with E-state index in [1.807, 2.05) is 12.1 Å². The topological polar surface area (TPSA) is 0 Å². The van der Waals surface area contributed by atoms with Crippen LogP contribution in [0.25, 0.3) is 6.08 Å². The van der Waals surface area contributed by atoms with Gasteiger partial charge < -0.3 is 0 Å². The molecule has 0 bridgehead atoms. The number of hydrogen-bond acceptors (Lipinski definition) is 0. The minimum Gasteiger partial charge on any atom is -0.121 e. The van der Waals surface area contributed by atoms with Crippen LogP contribution in [0, 0.1) is 5.41 Å². The monoisotopic (exact) mass is 254 g/mol. The minimum atomic E-state index is 0.215. The second-order valence-electron chi connectivity index (χ2n) is 5.91. The number of hydrogen-bond donors (Lipinski definition) is 0. The molecule has 0 aliphatic heterocycles. The molecule has 0 aliphatic rings. The Hall–Kier alpha value is -1.52. The maximum Gasteiger partial charge on any atom is -0.00971 e. The lowest BCUT2D eigenvalue weighted by molar-refractivity contribution is 0.477. The van der Waals surface area contributed by atoms with Gasteiger partial charge in [-0.2, -0.15) is 0 Å². The molecule has 0 radical (unpaired) electrons. The Kier molecular flexibility index (Phi) is 6.39. The average Bonchev–Trinajstić information content (AvgIpc) is 2.37. The first-order chi connectivity index (χ1) is 9.04. The van der Waals surface area contributed by atoms with E-state index in [9.17, 15) is 0 Å². The van der Waals surface area contributed by atoms with Crippen LogP contribution in [0.2, 0.25) is 0 Å². The molecule has 0 unspecified atom stereocenters. The summed E-state index contributed by atoms with van der Waals surface area (Å²) in [4.78, 5) is 0. The van der Waals surface area contributed by atoms with Crippen LogP contribution in [-0.4, -0.2) is 0 Å². The van der Waals surface area contributed by atoms with E-state index in [0.29, 0.717) is 0 Å². The molecule has 1 aromatic carbocycles. The molecule has 0 nitrogen and oxygen atoms in total. The van der Waals surface area contributed by atoms with Gasteiger partial charge in [0.05, 0.1) is 0 Å². The van der Waals surface area contributed by atoms with E-state index in [2.05, 4.69) is 69.8 Å². The maximum atomic E-state index is 3.47. The molecular formula is C19H26. The highest BCUT2D eigenvalue weighted by atomic mass is 14.2. The zero-order valence-electron chi connectivity index (χ0n) is 12.7. The van der Waals surface area contributed by atoms with Crippen molar-refractivity contribution < 1.29 is 0 Å². The lowest BCUT2D eigenvalue weighted by Gasteiger charge is -2.20. The molecule has 0 saturated carbocycles. The molecular weight excluding hydrogens is 228 g/mol. The van der Waals surface area contributed by atoms with E-state index < -0.39 is 0 Å². The van der Waals surface area contributed by atoms with Gasteiger partial charge in [0.25, 0.3) is 0 Å². The molecule has 0 heteroatoms. The zero-order valence-corrected chi connectivity index (χ0v) is 12.7. The fourth-order valence-corrected chi connectivity index (χ4v) is 1.89. The molecule has 1 rings (SSSR count). The lowest BCUT2D eigenvalue weighted by atomic mass is 9.84. The molecule has 0 fully saturated rings. The Morgan fingerprint density at radius 3 is 2.42 bits per heavy atom. The van der Waals surface area contributed by atoms with E-state index in [4.69, 9.17) is 0 Å². The number of unbranched alkanes of at least 4 members (excludes halogenated alkanes) is 1. The molecule has 19 heavy (non-hydrogen) atoms. The molecule has 0 spiro atoms. The number of rotatable bonds is 5. The van der Waals surface area contributed by atoms with Gasteiger partial charge in [-0.3, -0.25) is 0 Å². The van der Waals surface area contributed by atoms with Crippen LogP contribution in [0.3, 0.4) is 0 Å². The highest BCUT2D eigenvalue weighted by Gasteiger charge is 2.15. The van der Waals surface area contributed by atoms with Crippen molar-refractivity contribution in [3.05, 3.63) is 59.4 Å². The Bertz CT molecular complexity index is 449. The van der Waals surface area contributed by atoms with Crippen molar-refractivity contribution in [3.63, 3.8) is 0 Å². The molecule has 0 aliphatic carbocycles. The van der Waals surface area contributed by atoms with Crippen LogP contribution in [0.4, 0.5) is 0 Å². The average molecular weight is 254 g/mol. The van der Waals surface area contributed by atoms with Gasteiger partial charge in [-0.05, 0) is 35.5 Å². The largest absolute Gasteiger partial charge is 0.121 e. The van der Waals surface area contributed by atoms with E-state index >= 15 is 0 Å². The van der Waals surface area contributed by atoms with E-state index in [1.54, 1.807) is 0 Å². The highest BCUT2D eigenvalue weighted by Crippen LogP contribution is 2.28. The van der Waals surface area contributed by atoms with Gasteiger partial charge in [-0.1, -0.05) is 76.6 Å². The summed E-state index contributed by atoms with van der Waals surface area (Å²) in [5, 5.41) is 0. The van der Waals surface area contributed by atoms with Gasteiger partial charge in [0.1, 0.15) is 0 Å². The van der Waals surface area contributed by atoms with Crippen LogP contribution >= 0.6 is 0 Å². The minimum absolute atomic E-state index is 0.215. The second-order valence-corrected chi connectivity index (χ2v) is 5.91.